The number of thioether (sulfide) groups is 1. The number of rotatable bonds is 6. The van der Waals surface area contributed by atoms with E-state index in [0.29, 0.717) is 16.6 Å². The molecule has 1 aromatic rings. The molecule has 1 amide bonds. The Morgan fingerprint density at radius 2 is 2.00 bits per heavy atom. The van der Waals surface area contributed by atoms with Gasteiger partial charge in [0.15, 0.2) is 0 Å². The maximum atomic E-state index is 12.1. The van der Waals surface area contributed by atoms with Crippen molar-refractivity contribution in [1.29, 1.82) is 0 Å². The molecule has 0 aliphatic rings. The van der Waals surface area contributed by atoms with Gasteiger partial charge in [-0.1, -0.05) is 13.8 Å². The zero-order chi connectivity index (χ0) is 14.6. The highest BCUT2D eigenvalue weighted by molar-refractivity contribution is 7.99. The fraction of sp³-hybridized carbons (Fsp3) is 0.615. The number of hydrogen-bond donors (Lipinski definition) is 2. The highest BCUT2D eigenvalue weighted by Gasteiger charge is 2.22. The SMILES string of the molecule is CCC(CC)Nc1sc(C(=O)N(C)C)c(N)c1SC. The Balaban J connectivity index is 3.12. The third-order valence-corrected chi connectivity index (χ3v) is 5.11. The molecule has 0 atom stereocenters. The third-order valence-electron chi connectivity index (χ3n) is 3.02. The number of nitrogen functional groups attached to an aromatic ring is 1. The second-order valence-electron chi connectivity index (χ2n) is 4.56. The Hall–Kier alpha value is -0.880. The average Bonchev–Trinajstić information content (AvgIpc) is 2.70. The highest BCUT2D eigenvalue weighted by Crippen LogP contribution is 2.42. The van der Waals surface area contributed by atoms with E-state index in [9.17, 15) is 4.79 Å². The largest absolute Gasteiger partial charge is 0.396 e. The molecule has 0 saturated heterocycles. The fourth-order valence-corrected chi connectivity index (χ4v) is 3.89. The predicted octanol–water partition coefficient (Wildman–Crippen LogP) is 3.35. The van der Waals surface area contributed by atoms with E-state index < -0.39 is 0 Å². The number of amides is 1. The van der Waals surface area contributed by atoms with E-state index in [2.05, 4.69) is 19.2 Å². The van der Waals surface area contributed by atoms with Crippen molar-refractivity contribution in [3.05, 3.63) is 4.88 Å². The number of thiophene rings is 1. The Morgan fingerprint density at radius 1 is 1.42 bits per heavy atom. The van der Waals surface area contributed by atoms with Crippen LogP contribution in [0.15, 0.2) is 4.90 Å². The Kier molecular flexibility index (Phi) is 6.00. The number of carbonyl (C=O) groups excluding carboxylic acids is 1. The normalized spacial score (nSPS) is 10.8. The smallest absolute Gasteiger partial charge is 0.265 e. The number of nitrogens with zero attached hydrogens (tertiary/aromatic N) is 1. The summed E-state index contributed by atoms with van der Waals surface area (Å²) in [6, 6.07) is 0.422. The van der Waals surface area contributed by atoms with Crippen molar-refractivity contribution in [1.82, 2.24) is 4.90 Å². The van der Waals surface area contributed by atoms with Crippen molar-refractivity contribution in [2.45, 2.75) is 37.6 Å². The Labute approximate surface area is 123 Å². The fourth-order valence-electron chi connectivity index (χ4n) is 1.77. The third kappa shape index (κ3) is 3.57. The van der Waals surface area contributed by atoms with Gasteiger partial charge in [0.25, 0.3) is 5.91 Å². The van der Waals surface area contributed by atoms with Crippen molar-refractivity contribution in [2.75, 3.05) is 31.4 Å². The molecular weight excluding hydrogens is 278 g/mol. The van der Waals surface area contributed by atoms with Crippen LogP contribution < -0.4 is 11.1 Å². The van der Waals surface area contributed by atoms with E-state index in [1.54, 1.807) is 30.8 Å². The quantitative estimate of drug-likeness (QED) is 0.791. The first-order valence-corrected chi connectivity index (χ1v) is 8.44. The monoisotopic (exact) mass is 301 g/mol. The molecule has 4 nitrogen and oxygen atoms in total. The molecule has 6 heteroatoms. The zero-order valence-electron chi connectivity index (χ0n) is 12.2. The molecule has 0 aliphatic carbocycles. The number of anilines is 2. The van der Waals surface area contributed by atoms with E-state index in [1.807, 2.05) is 6.26 Å². The molecule has 0 spiro atoms. The molecular formula is C13H23N3OS2. The molecule has 0 fully saturated rings. The second-order valence-corrected chi connectivity index (χ2v) is 6.40. The second kappa shape index (κ2) is 7.05. The molecule has 0 bridgehead atoms. The van der Waals surface area contributed by atoms with Gasteiger partial charge in [0.1, 0.15) is 9.88 Å². The molecule has 1 aromatic heterocycles. The minimum absolute atomic E-state index is 0.0320. The van der Waals surface area contributed by atoms with Crippen LogP contribution in [0, 0.1) is 0 Å². The maximum Gasteiger partial charge on any atom is 0.265 e. The first-order chi connectivity index (χ1) is 8.96. The van der Waals surface area contributed by atoms with Crippen LogP contribution in [0.5, 0.6) is 0 Å². The van der Waals surface area contributed by atoms with Gasteiger partial charge in [0, 0.05) is 20.1 Å². The summed E-state index contributed by atoms with van der Waals surface area (Å²) in [5, 5.41) is 4.52. The van der Waals surface area contributed by atoms with E-state index in [4.69, 9.17) is 5.73 Å². The van der Waals surface area contributed by atoms with Crippen LogP contribution in [0.1, 0.15) is 36.4 Å². The van der Waals surface area contributed by atoms with Crippen LogP contribution in [0.25, 0.3) is 0 Å². The van der Waals surface area contributed by atoms with Gasteiger partial charge in [0.2, 0.25) is 0 Å². The summed E-state index contributed by atoms with van der Waals surface area (Å²) >= 11 is 3.05. The topological polar surface area (TPSA) is 58.4 Å². The summed E-state index contributed by atoms with van der Waals surface area (Å²) in [7, 11) is 3.49. The van der Waals surface area contributed by atoms with E-state index in [-0.39, 0.29) is 5.91 Å². The van der Waals surface area contributed by atoms with Gasteiger partial charge in [0.05, 0.1) is 10.6 Å². The summed E-state index contributed by atoms with van der Waals surface area (Å²) in [4.78, 5) is 15.3. The molecule has 1 heterocycles. The lowest BCUT2D eigenvalue weighted by Gasteiger charge is -2.15. The van der Waals surface area contributed by atoms with E-state index >= 15 is 0 Å². The summed E-state index contributed by atoms with van der Waals surface area (Å²) < 4.78 is 0. The van der Waals surface area contributed by atoms with Crippen molar-refractivity contribution >= 4 is 39.7 Å². The first kappa shape index (κ1) is 16.2. The van der Waals surface area contributed by atoms with E-state index in [1.165, 1.54) is 11.3 Å². The molecule has 0 aromatic carbocycles. The zero-order valence-corrected chi connectivity index (χ0v) is 13.9. The van der Waals surface area contributed by atoms with Gasteiger partial charge in [-0.2, -0.15) is 0 Å². The van der Waals surface area contributed by atoms with E-state index in [0.717, 1.165) is 22.7 Å². The summed E-state index contributed by atoms with van der Waals surface area (Å²) in [6.45, 7) is 4.31. The maximum absolute atomic E-state index is 12.1. The molecule has 0 saturated carbocycles. The first-order valence-electron chi connectivity index (χ1n) is 6.40. The van der Waals surface area contributed by atoms with Crippen LogP contribution in [0.3, 0.4) is 0 Å². The lowest BCUT2D eigenvalue weighted by molar-refractivity contribution is 0.0833. The Bertz CT molecular complexity index is 439. The molecule has 19 heavy (non-hydrogen) atoms. The molecule has 0 radical (unpaired) electrons. The summed E-state index contributed by atoms with van der Waals surface area (Å²) in [5.41, 5.74) is 6.72. The van der Waals surface area contributed by atoms with Crippen molar-refractivity contribution in [3.8, 4) is 0 Å². The minimum Gasteiger partial charge on any atom is -0.396 e. The predicted molar refractivity (Wildman–Crippen MR) is 86.5 cm³/mol. The van der Waals surface area contributed by atoms with Crippen LogP contribution >= 0.6 is 23.1 Å². The summed E-state index contributed by atoms with van der Waals surface area (Å²) in [6.07, 6.45) is 4.10. The average molecular weight is 301 g/mol. The van der Waals surface area contributed by atoms with Crippen molar-refractivity contribution in [2.24, 2.45) is 0 Å². The van der Waals surface area contributed by atoms with Gasteiger partial charge in [-0.25, -0.2) is 0 Å². The molecule has 0 unspecified atom stereocenters. The molecule has 108 valence electrons. The molecule has 1 rings (SSSR count). The number of nitrogens with two attached hydrogens (primary N) is 1. The Morgan fingerprint density at radius 3 is 2.42 bits per heavy atom. The van der Waals surface area contributed by atoms with Crippen molar-refractivity contribution < 1.29 is 4.79 Å². The number of nitrogens with one attached hydrogen (secondary N) is 1. The lowest BCUT2D eigenvalue weighted by atomic mass is 10.2. The molecule has 0 aliphatic heterocycles. The number of hydrogen-bond acceptors (Lipinski definition) is 5. The van der Waals surface area contributed by atoms with Crippen LogP contribution in [-0.2, 0) is 0 Å². The van der Waals surface area contributed by atoms with Gasteiger partial charge < -0.3 is 16.0 Å². The summed E-state index contributed by atoms with van der Waals surface area (Å²) in [5.74, 6) is -0.0320. The van der Waals surface area contributed by atoms with Gasteiger partial charge in [-0.15, -0.1) is 23.1 Å². The van der Waals surface area contributed by atoms with Gasteiger partial charge >= 0.3 is 0 Å². The van der Waals surface area contributed by atoms with Gasteiger partial charge in [-0.3, -0.25) is 4.79 Å². The minimum atomic E-state index is -0.0320. The lowest BCUT2D eigenvalue weighted by Crippen LogP contribution is -2.21. The van der Waals surface area contributed by atoms with Crippen LogP contribution in [-0.4, -0.2) is 37.2 Å². The highest BCUT2D eigenvalue weighted by atomic mass is 32.2. The number of carbonyl (C=O) groups is 1. The molecule has 3 N–H and O–H groups in total. The van der Waals surface area contributed by atoms with Crippen molar-refractivity contribution in [3.63, 3.8) is 0 Å². The van der Waals surface area contributed by atoms with Gasteiger partial charge in [-0.05, 0) is 19.1 Å². The standard InChI is InChI=1S/C13H23N3OS2/c1-6-8(7-2)15-12-10(18-5)9(14)11(19-12)13(17)16(3)4/h8,15H,6-7,14H2,1-5H3. The van der Waals surface area contributed by atoms with Crippen LogP contribution in [0.4, 0.5) is 10.7 Å². The van der Waals surface area contributed by atoms with Crippen LogP contribution in [0.2, 0.25) is 0 Å².